The lowest BCUT2D eigenvalue weighted by atomic mass is 10.1. The fourth-order valence-electron chi connectivity index (χ4n) is 0.585. The quantitative estimate of drug-likeness (QED) is 0.415. The Labute approximate surface area is 59.7 Å². The average molecular weight is 153 g/mol. The molecule has 1 aliphatic rings. The van der Waals surface area contributed by atoms with Crippen LogP contribution in [0.1, 0.15) is 0 Å². The van der Waals surface area contributed by atoms with Gasteiger partial charge >= 0.3 is 0 Å². The summed E-state index contributed by atoms with van der Waals surface area (Å²) in [6.07, 6.45) is 3.58. The molecule has 4 heteroatoms. The first-order chi connectivity index (χ1) is 4.74. The van der Waals surface area contributed by atoms with Crippen LogP contribution in [0.2, 0.25) is 0 Å². The van der Waals surface area contributed by atoms with Crippen LogP contribution in [-0.4, -0.2) is 11.6 Å². The highest BCUT2D eigenvalue weighted by Gasteiger charge is 2.10. The molecular weight excluding hydrogens is 149 g/mol. The zero-order valence-electron chi connectivity index (χ0n) is 5.00. The Kier molecular flexibility index (Phi) is 1.88. The van der Waals surface area contributed by atoms with Gasteiger partial charge in [0.2, 0.25) is 5.78 Å². The number of ketones is 2. The standard InChI is InChI=1S/C6H4NO2P/c8-4-1-2-6(9)5(3-4)7-10/h1-3,10H. The summed E-state index contributed by atoms with van der Waals surface area (Å²) in [7, 11) is 2.77. The molecule has 0 N–H and O–H groups in total. The van der Waals surface area contributed by atoms with Gasteiger partial charge in [-0.05, 0) is 21.2 Å². The molecule has 0 saturated heterocycles. The molecular formula is C6H4NO2P. The summed E-state index contributed by atoms with van der Waals surface area (Å²) >= 11 is 0. The molecule has 0 saturated carbocycles. The molecule has 0 heterocycles. The number of carbonyl (C=O) groups is 2. The van der Waals surface area contributed by atoms with E-state index in [0.717, 1.165) is 0 Å². The number of nitrogens with zero attached hydrogens (tertiary/aromatic N) is 1. The largest absolute Gasteiger partial charge is 0.290 e. The van der Waals surface area contributed by atoms with Gasteiger partial charge in [0.15, 0.2) is 5.78 Å². The van der Waals surface area contributed by atoms with Gasteiger partial charge in [0, 0.05) is 6.08 Å². The van der Waals surface area contributed by atoms with E-state index in [1.54, 1.807) is 0 Å². The minimum Gasteiger partial charge on any atom is -0.290 e. The van der Waals surface area contributed by atoms with Crippen molar-refractivity contribution in [1.82, 2.24) is 0 Å². The van der Waals surface area contributed by atoms with Crippen LogP contribution in [0.15, 0.2) is 28.7 Å². The Morgan fingerprint density at radius 2 is 2.00 bits per heavy atom. The summed E-state index contributed by atoms with van der Waals surface area (Å²) in [5, 5.41) is 0. The van der Waals surface area contributed by atoms with Gasteiger partial charge in [-0.3, -0.25) is 9.59 Å². The molecule has 0 atom stereocenters. The highest BCUT2D eigenvalue weighted by Crippen LogP contribution is 2.06. The summed E-state index contributed by atoms with van der Waals surface area (Å²) in [5.74, 6) is -0.466. The van der Waals surface area contributed by atoms with E-state index in [-0.39, 0.29) is 17.3 Å². The second-order valence-electron chi connectivity index (χ2n) is 1.74. The molecule has 0 radical (unpaired) electrons. The van der Waals surface area contributed by atoms with Gasteiger partial charge in [0.25, 0.3) is 0 Å². The maximum Gasteiger partial charge on any atom is 0.204 e. The van der Waals surface area contributed by atoms with E-state index in [2.05, 4.69) is 13.8 Å². The number of hydrogen-bond acceptors (Lipinski definition) is 3. The van der Waals surface area contributed by atoms with Crippen molar-refractivity contribution in [2.75, 3.05) is 0 Å². The third kappa shape index (κ3) is 1.25. The average Bonchev–Trinajstić information content (AvgIpc) is 1.94. The second-order valence-corrected chi connectivity index (χ2v) is 1.96. The predicted octanol–water partition coefficient (Wildman–Crippen LogP) is 0.905. The van der Waals surface area contributed by atoms with Crippen molar-refractivity contribution in [2.45, 2.75) is 0 Å². The first kappa shape index (κ1) is 7.03. The number of carbonyl (C=O) groups excluding carboxylic acids is 2. The third-order valence-electron chi connectivity index (χ3n) is 1.05. The third-order valence-corrected chi connectivity index (χ3v) is 1.29. The lowest BCUT2D eigenvalue weighted by molar-refractivity contribution is -0.114. The number of hydrogen-bond donors (Lipinski definition) is 0. The van der Waals surface area contributed by atoms with Gasteiger partial charge in [-0.15, -0.1) is 0 Å². The minimum atomic E-state index is -0.255. The maximum atomic E-state index is 10.7. The maximum absolute atomic E-state index is 10.7. The molecule has 50 valence electrons. The molecule has 0 aliphatic heterocycles. The van der Waals surface area contributed by atoms with Crippen LogP contribution in [0.25, 0.3) is 0 Å². The molecule has 1 aliphatic carbocycles. The van der Waals surface area contributed by atoms with E-state index >= 15 is 0 Å². The summed E-state index contributed by atoms with van der Waals surface area (Å²) < 4.78 is 3.42. The van der Waals surface area contributed by atoms with Crippen molar-refractivity contribution in [2.24, 2.45) is 4.74 Å². The zero-order chi connectivity index (χ0) is 7.56. The minimum absolute atomic E-state index is 0.143. The van der Waals surface area contributed by atoms with Crippen LogP contribution >= 0.6 is 9.03 Å². The summed E-state index contributed by atoms with van der Waals surface area (Å²) in [6, 6.07) is 0. The van der Waals surface area contributed by atoms with Crippen LogP contribution in [0.5, 0.6) is 0 Å². The molecule has 10 heavy (non-hydrogen) atoms. The summed E-state index contributed by atoms with van der Waals surface area (Å²) in [4.78, 5) is 21.3. The van der Waals surface area contributed by atoms with Crippen molar-refractivity contribution in [3.05, 3.63) is 23.9 Å². The highest BCUT2D eigenvalue weighted by atomic mass is 31.0. The molecule has 0 aromatic heterocycles. The van der Waals surface area contributed by atoms with Gasteiger partial charge in [0.1, 0.15) is 5.70 Å². The molecule has 0 fully saturated rings. The molecule has 0 amide bonds. The van der Waals surface area contributed by atoms with Gasteiger partial charge in [-0.25, -0.2) is 4.74 Å². The Morgan fingerprint density at radius 1 is 1.30 bits per heavy atom. The second kappa shape index (κ2) is 2.67. The molecule has 0 spiro atoms. The molecule has 0 unspecified atom stereocenters. The number of allylic oxidation sites excluding steroid dienone is 3. The van der Waals surface area contributed by atoms with E-state index < -0.39 is 0 Å². The summed E-state index contributed by atoms with van der Waals surface area (Å²) in [5.41, 5.74) is 0.143. The van der Waals surface area contributed by atoms with E-state index in [4.69, 9.17) is 0 Å². The first-order valence-corrected chi connectivity index (χ1v) is 3.04. The fourth-order valence-corrected chi connectivity index (χ4v) is 0.759. The van der Waals surface area contributed by atoms with Crippen molar-refractivity contribution >= 4 is 20.6 Å². The van der Waals surface area contributed by atoms with Crippen molar-refractivity contribution < 1.29 is 9.59 Å². The smallest absolute Gasteiger partial charge is 0.204 e. The van der Waals surface area contributed by atoms with Crippen molar-refractivity contribution in [3.63, 3.8) is 0 Å². The molecule has 0 bridgehead atoms. The van der Waals surface area contributed by atoms with Crippen LogP contribution in [0.4, 0.5) is 0 Å². The molecule has 3 nitrogen and oxygen atoms in total. The lowest BCUT2D eigenvalue weighted by Gasteiger charge is -1.96. The molecule has 0 aromatic rings. The van der Waals surface area contributed by atoms with E-state index in [9.17, 15) is 9.59 Å². The highest BCUT2D eigenvalue weighted by molar-refractivity contribution is 7.04. The van der Waals surface area contributed by atoms with Gasteiger partial charge in [-0.1, -0.05) is 0 Å². The summed E-state index contributed by atoms with van der Waals surface area (Å²) in [6.45, 7) is 0. The Hall–Kier alpha value is -1.08. The lowest BCUT2D eigenvalue weighted by Crippen LogP contribution is -2.04. The van der Waals surface area contributed by atoms with E-state index in [1.165, 1.54) is 18.2 Å². The van der Waals surface area contributed by atoms with E-state index in [1.807, 2.05) is 0 Å². The first-order valence-electron chi connectivity index (χ1n) is 2.59. The van der Waals surface area contributed by atoms with Crippen LogP contribution < -0.4 is 0 Å². The van der Waals surface area contributed by atoms with Crippen molar-refractivity contribution in [3.8, 4) is 0 Å². The van der Waals surface area contributed by atoms with Gasteiger partial charge < -0.3 is 0 Å². The van der Waals surface area contributed by atoms with E-state index in [0.29, 0.717) is 0 Å². The molecule has 0 aromatic carbocycles. The number of rotatable bonds is 1. The Balaban J connectivity index is 3.00. The van der Waals surface area contributed by atoms with Crippen molar-refractivity contribution in [1.29, 1.82) is 0 Å². The topological polar surface area (TPSA) is 46.5 Å². The normalized spacial score (nSPS) is 17.0. The van der Waals surface area contributed by atoms with Crippen LogP contribution in [0, 0.1) is 0 Å². The SMILES string of the molecule is O=C1C=CC(=O)C(N=P)=C1. The Bertz CT molecular complexity index is 265. The zero-order valence-corrected chi connectivity index (χ0v) is 6.00. The monoisotopic (exact) mass is 153 g/mol. The fraction of sp³-hybridized carbons (Fsp3) is 0. The predicted molar refractivity (Wildman–Crippen MR) is 38.0 cm³/mol. The van der Waals surface area contributed by atoms with Crippen LogP contribution in [0.3, 0.4) is 0 Å². The Morgan fingerprint density at radius 3 is 2.50 bits per heavy atom. The van der Waals surface area contributed by atoms with Gasteiger partial charge in [-0.2, -0.15) is 0 Å². The van der Waals surface area contributed by atoms with Gasteiger partial charge in [0.05, 0.1) is 0 Å². The molecule has 1 rings (SSSR count). The van der Waals surface area contributed by atoms with Crippen LogP contribution in [-0.2, 0) is 9.59 Å².